The molecule has 3 heteroatoms. The Morgan fingerprint density at radius 2 is 2.18 bits per heavy atom. The molecular formula is C14H21N3. The van der Waals surface area contributed by atoms with E-state index in [0.717, 1.165) is 5.82 Å². The molecule has 2 heterocycles. The van der Waals surface area contributed by atoms with Gasteiger partial charge in [-0.1, -0.05) is 6.07 Å². The average molecular weight is 231 g/mol. The van der Waals surface area contributed by atoms with Crippen molar-refractivity contribution in [3.05, 3.63) is 23.9 Å². The zero-order valence-corrected chi connectivity index (χ0v) is 10.5. The van der Waals surface area contributed by atoms with E-state index < -0.39 is 0 Å². The molecule has 3 nitrogen and oxygen atoms in total. The van der Waals surface area contributed by atoms with E-state index in [9.17, 15) is 0 Å². The van der Waals surface area contributed by atoms with Crippen LogP contribution in [0.25, 0.3) is 0 Å². The first-order valence-corrected chi connectivity index (χ1v) is 6.76. The highest BCUT2D eigenvalue weighted by molar-refractivity contribution is 5.47. The molecule has 3 rings (SSSR count). The highest BCUT2D eigenvalue weighted by Gasteiger charge is 2.26. The molecule has 1 atom stereocenters. The van der Waals surface area contributed by atoms with E-state index in [1.54, 1.807) is 0 Å². The van der Waals surface area contributed by atoms with Crippen LogP contribution in [-0.4, -0.2) is 29.5 Å². The maximum atomic E-state index is 4.54. The van der Waals surface area contributed by atoms with Gasteiger partial charge < -0.3 is 5.32 Å². The molecule has 1 aliphatic carbocycles. The number of aromatic nitrogens is 1. The minimum Gasteiger partial charge on any atom is -0.367 e. The summed E-state index contributed by atoms with van der Waals surface area (Å²) in [5, 5.41) is 3.61. The predicted molar refractivity (Wildman–Crippen MR) is 70.1 cm³/mol. The molecule has 0 radical (unpaired) electrons. The fraction of sp³-hybridized carbons (Fsp3) is 0.643. The van der Waals surface area contributed by atoms with Crippen LogP contribution in [0.3, 0.4) is 0 Å². The molecule has 1 aromatic rings. The van der Waals surface area contributed by atoms with Crippen LogP contribution in [-0.2, 0) is 0 Å². The van der Waals surface area contributed by atoms with Gasteiger partial charge in [-0.2, -0.15) is 0 Å². The van der Waals surface area contributed by atoms with Crippen molar-refractivity contribution >= 4 is 5.82 Å². The summed E-state index contributed by atoms with van der Waals surface area (Å²) < 4.78 is 0. The molecule has 17 heavy (non-hydrogen) atoms. The van der Waals surface area contributed by atoms with Crippen molar-refractivity contribution in [2.75, 3.05) is 18.9 Å². The lowest BCUT2D eigenvalue weighted by Gasteiger charge is -2.29. The van der Waals surface area contributed by atoms with Crippen molar-refractivity contribution in [3.63, 3.8) is 0 Å². The third kappa shape index (κ3) is 2.16. The van der Waals surface area contributed by atoms with E-state index in [2.05, 4.69) is 34.4 Å². The van der Waals surface area contributed by atoms with Crippen LogP contribution in [0.2, 0.25) is 0 Å². The zero-order chi connectivity index (χ0) is 11.7. The van der Waals surface area contributed by atoms with Gasteiger partial charge in [-0.25, -0.2) is 4.98 Å². The van der Waals surface area contributed by atoms with Gasteiger partial charge in [0.15, 0.2) is 0 Å². The maximum absolute atomic E-state index is 4.54. The molecular weight excluding hydrogens is 210 g/mol. The fourth-order valence-corrected chi connectivity index (χ4v) is 2.86. The van der Waals surface area contributed by atoms with E-state index in [0.29, 0.717) is 12.1 Å². The Morgan fingerprint density at radius 1 is 1.29 bits per heavy atom. The Labute approximate surface area is 103 Å². The molecule has 0 unspecified atom stereocenters. The van der Waals surface area contributed by atoms with Gasteiger partial charge in [-0.05, 0) is 51.8 Å². The van der Waals surface area contributed by atoms with Gasteiger partial charge >= 0.3 is 0 Å². The molecule has 1 aromatic heterocycles. The quantitative estimate of drug-likeness (QED) is 0.867. The Kier molecular flexibility index (Phi) is 3.02. The lowest BCUT2D eigenvalue weighted by atomic mass is 9.93. The Balaban J connectivity index is 1.81. The summed E-state index contributed by atoms with van der Waals surface area (Å²) in [5.74, 6) is 1.12. The molecule has 0 bridgehead atoms. The maximum Gasteiger partial charge on any atom is 0.130 e. The zero-order valence-electron chi connectivity index (χ0n) is 10.5. The van der Waals surface area contributed by atoms with Crippen molar-refractivity contribution < 1.29 is 0 Å². The van der Waals surface area contributed by atoms with Crippen LogP contribution in [0, 0.1) is 0 Å². The van der Waals surface area contributed by atoms with Crippen molar-refractivity contribution in [3.8, 4) is 0 Å². The molecule has 1 aliphatic heterocycles. The number of rotatable bonds is 3. The first-order valence-electron chi connectivity index (χ1n) is 6.76. The summed E-state index contributed by atoms with van der Waals surface area (Å²) in [6.07, 6.45) is 8.44. The number of hydrogen-bond donors (Lipinski definition) is 1. The summed E-state index contributed by atoms with van der Waals surface area (Å²) in [5.41, 5.74) is 1.39. The third-order valence-electron chi connectivity index (χ3n) is 4.16. The Morgan fingerprint density at radius 3 is 2.82 bits per heavy atom. The van der Waals surface area contributed by atoms with Crippen LogP contribution in [0.1, 0.15) is 43.7 Å². The van der Waals surface area contributed by atoms with Crippen molar-refractivity contribution in [1.82, 2.24) is 9.88 Å². The number of likely N-dealkylation sites (tertiary alicyclic amines) is 1. The summed E-state index contributed by atoms with van der Waals surface area (Å²) in [4.78, 5) is 6.99. The minimum absolute atomic E-state index is 0.561. The van der Waals surface area contributed by atoms with Gasteiger partial charge in [0.25, 0.3) is 0 Å². The Hall–Kier alpha value is -1.09. The van der Waals surface area contributed by atoms with Crippen LogP contribution in [0.5, 0.6) is 0 Å². The lowest BCUT2D eigenvalue weighted by molar-refractivity contribution is 0.317. The number of pyridine rings is 1. The van der Waals surface area contributed by atoms with Gasteiger partial charge in [0.1, 0.15) is 5.82 Å². The highest BCUT2D eigenvalue weighted by atomic mass is 15.2. The summed E-state index contributed by atoms with van der Waals surface area (Å²) >= 11 is 0. The second-order valence-electron chi connectivity index (χ2n) is 5.35. The van der Waals surface area contributed by atoms with Gasteiger partial charge in [0.2, 0.25) is 0 Å². The number of nitrogens with one attached hydrogen (secondary N) is 1. The van der Waals surface area contributed by atoms with Crippen LogP contribution >= 0.6 is 0 Å². The molecule has 2 fully saturated rings. The van der Waals surface area contributed by atoms with Crippen LogP contribution < -0.4 is 5.32 Å². The molecule has 1 saturated carbocycles. The van der Waals surface area contributed by atoms with E-state index in [-0.39, 0.29) is 0 Å². The predicted octanol–water partition coefficient (Wildman–Crippen LogP) is 2.81. The molecule has 92 valence electrons. The van der Waals surface area contributed by atoms with Crippen LogP contribution in [0.15, 0.2) is 18.3 Å². The molecule has 0 spiro atoms. The molecule has 2 aliphatic rings. The lowest BCUT2D eigenvalue weighted by Crippen LogP contribution is -2.29. The van der Waals surface area contributed by atoms with Crippen molar-refractivity contribution in [2.45, 2.75) is 44.2 Å². The van der Waals surface area contributed by atoms with Gasteiger partial charge in [0, 0.05) is 23.8 Å². The van der Waals surface area contributed by atoms with E-state index in [4.69, 9.17) is 0 Å². The average Bonchev–Trinajstić information content (AvgIpc) is 2.70. The number of anilines is 1. The van der Waals surface area contributed by atoms with Crippen molar-refractivity contribution in [2.24, 2.45) is 0 Å². The highest BCUT2D eigenvalue weighted by Crippen LogP contribution is 2.34. The third-order valence-corrected chi connectivity index (χ3v) is 4.16. The topological polar surface area (TPSA) is 28.2 Å². The second-order valence-corrected chi connectivity index (χ2v) is 5.35. The fourth-order valence-electron chi connectivity index (χ4n) is 2.86. The standard InChI is InChI=1S/C14H21N3/c1-17-10-4-8-13(17)12-7-3-9-15-14(12)16-11-5-2-6-11/h3,7,9,11,13H,2,4-6,8,10H2,1H3,(H,15,16)/t13-/m0/s1. The summed E-state index contributed by atoms with van der Waals surface area (Å²) in [7, 11) is 2.22. The first kappa shape index (κ1) is 11.0. The smallest absolute Gasteiger partial charge is 0.130 e. The van der Waals surface area contributed by atoms with E-state index in [1.165, 1.54) is 44.2 Å². The first-order chi connectivity index (χ1) is 8.34. The second kappa shape index (κ2) is 4.65. The molecule has 1 N–H and O–H groups in total. The largest absolute Gasteiger partial charge is 0.367 e. The van der Waals surface area contributed by atoms with E-state index >= 15 is 0 Å². The Bertz CT molecular complexity index is 387. The minimum atomic E-state index is 0.561. The van der Waals surface area contributed by atoms with Crippen molar-refractivity contribution in [1.29, 1.82) is 0 Å². The monoisotopic (exact) mass is 231 g/mol. The van der Waals surface area contributed by atoms with Gasteiger partial charge in [0.05, 0.1) is 0 Å². The SMILES string of the molecule is CN1CCC[C@H]1c1cccnc1NC1CCC1. The van der Waals surface area contributed by atoms with E-state index in [1.807, 2.05) is 6.20 Å². The summed E-state index contributed by atoms with van der Waals surface area (Å²) in [6, 6.07) is 5.52. The van der Waals surface area contributed by atoms with Gasteiger partial charge in [-0.15, -0.1) is 0 Å². The van der Waals surface area contributed by atoms with Crippen LogP contribution in [0.4, 0.5) is 5.82 Å². The normalized spacial score (nSPS) is 25.8. The molecule has 1 saturated heterocycles. The molecule has 0 amide bonds. The van der Waals surface area contributed by atoms with Gasteiger partial charge in [-0.3, -0.25) is 4.90 Å². The summed E-state index contributed by atoms with van der Waals surface area (Å²) in [6.45, 7) is 1.21. The number of hydrogen-bond acceptors (Lipinski definition) is 3. The molecule has 0 aromatic carbocycles. The number of nitrogens with zero attached hydrogens (tertiary/aromatic N) is 2.